The molecule has 0 aromatic carbocycles. The molecule has 0 spiro atoms. The smallest absolute Gasteiger partial charge is 0.268 e. The lowest BCUT2D eigenvalue weighted by Crippen LogP contribution is -2.36. The third-order valence-electron chi connectivity index (χ3n) is 2.83. The van der Waals surface area contributed by atoms with E-state index in [1.54, 1.807) is 20.0 Å². The van der Waals surface area contributed by atoms with Crippen LogP contribution < -0.4 is 5.56 Å². The van der Waals surface area contributed by atoms with E-state index in [0.717, 1.165) is 0 Å². The Labute approximate surface area is 114 Å². The van der Waals surface area contributed by atoms with Crippen LogP contribution in [0, 0.1) is 0 Å². The van der Waals surface area contributed by atoms with E-state index in [0.29, 0.717) is 16.0 Å². The maximum absolute atomic E-state index is 11.9. The van der Waals surface area contributed by atoms with E-state index in [-0.39, 0.29) is 18.0 Å². The van der Waals surface area contributed by atoms with Crippen molar-refractivity contribution in [1.29, 1.82) is 0 Å². The van der Waals surface area contributed by atoms with Gasteiger partial charge in [0.15, 0.2) is 0 Å². The van der Waals surface area contributed by atoms with Crippen molar-refractivity contribution in [3.05, 3.63) is 27.6 Å². The van der Waals surface area contributed by atoms with Crippen molar-refractivity contribution in [3.63, 3.8) is 0 Å². The van der Waals surface area contributed by atoms with Gasteiger partial charge in [-0.25, -0.2) is 4.98 Å². The lowest BCUT2D eigenvalue weighted by Gasteiger charge is -2.19. The van der Waals surface area contributed by atoms with E-state index in [1.165, 1.54) is 23.3 Å². The molecule has 1 unspecified atom stereocenters. The Morgan fingerprint density at radius 3 is 3.05 bits per heavy atom. The average molecular weight is 281 g/mol. The van der Waals surface area contributed by atoms with Gasteiger partial charge in [-0.2, -0.15) is 0 Å². The van der Waals surface area contributed by atoms with E-state index in [4.69, 9.17) is 4.74 Å². The zero-order chi connectivity index (χ0) is 14.0. The van der Waals surface area contributed by atoms with Gasteiger partial charge in [0.1, 0.15) is 16.6 Å². The number of hydrogen-bond donors (Lipinski definition) is 1. The number of methoxy groups -OCH3 is 1. The average Bonchev–Trinajstić information content (AvgIpc) is 2.85. The minimum atomic E-state index is -0.512. The third kappa shape index (κ3) is 2.82. The fourth-order valence-electron chi connectivity index (χ4n) is 1.71. The number of aromatic amines is 1. The molecule has 2 aromatic heterocycles. The molecule has 1 atom stereocenters. The van der Waals surface area contributed by atoms with Crippen molar-refractivity contribution in [2.45, 2.75) is 19.6 Å². The van der Waals surface area contributed by atoms with Gasteiger partial charge in [-0.05, 0) is 18.4 Å². The van der Waals surface area contributed by atoms with Crippen LogP contribution in [0.25, 0.3) is 10.2 Å². The van der Waals surface area contributed by atoms with Gasteiger partial charge in [0, 0.05) is 14.2 Å². The summed E-state index contributed by atoms with van der Waals surface area (Å²) in [5.74, 6) is 0.311. The minimum Gasteiger partial charge on any atom is -0.372 e. The number of rotatable bonds is 4. The van der Waals surface area contributed by atoms with Crippen LogP contribution in [-0.2, 0) is 16.1 Å². The van der Waals surface area contributed by atoms with Gasteiger partial charge in [0.25, 0.3) is 11.5 Å². The largest absolute Gasteiger partial charge is 0.372 e. The van der Waals surface area contributed by atoms with Crippen molar-refractivity contribution in [2.75, 3.05) is 14.2 Å². The predicted octanol–water partition coefficient (Wildman–Crippen LogP) is 0.978. The molecule has 0 aliphatic rings. The normalized spacial score (nSPS) is 12.6. The minimum absolute atomic E-state index is 0.157. The Kier molecular flexibility index (Phi) is 3.96. The molecule has 102 valence electrons. The monoisotopic (exact) mass is 281 g/mol. The number of amides is 1. The van der Waals surface area contributed by atoms with Crippen molar-refractivity contribution >= 4 is 27.5 Å². The molecule has 1 amide bonds. The number of carbonyl (C=O) groups excluding carboxylic acids is 1. The Balaban J connectivity index is 2.21. The lowest BCUT2D eigenvalue weighted by molar-refractivity contribution is -0.140. The van der Waals surface area contributed by atoms with E-state index in [9.17, 15) is 9.59 Å². The number of H-pyrrole nitrogens is 1. The van der Waals surface area contributed by atoms with Crippen molar-refractivity contribution in [3.8, 4) is 0 Å². The number of thiophene rings is 1. The maximum atomic E-state index is 11.9. The molecule has 0 fully saturated rings. The van der Waals surface area contributed by atoms with Crippen LogP contribution >= 0.6 is 11.3 Å². The standard InChI is InChI=1S/C12H15N3O3S/c1-7(18-3)12(17)15(2)6-9-13-8-4-5-19-10(8)11(16)14-9/h4-5,7H,6H2,1-3H3,(H,13,14,16). The zero-order valence-corrected chi connectivity index (χ0v) is 11.8. The van der Waals surface area contributed by atoms with E-state index in [2.05, 4.69) is 9.97 Å². The van der Waals surface area contributed by atoms with Crippen LogP contribution in [-0.4, -0.2) is 41.0 Å². The molecule has 6 nitrogen and oxygen atoms in total. The molecular weight excluding hydrogens is 266 g/mol. The van der Waals surface area contributed by atoms with Gasteiger partial charge >= 0.3 is 0 Å². The van der Waals surface area contributed by atoms with Crippen LogP contribution in [0.3, 0.4) is 0 Å². The van der Waals surface area contributed by atoms with Gasteiger partial charge in [-0.3, -0.25) is 9.59 Å². The number of aromatic nitrogens is 2. The molecule has 0 radical (unpaired) electrons. The summed E-state index contributed by atoms with van der Waals surface area (Å²) in [6.45, 7) is 1.92. The highest BCUT2D eigenvalue weighted by Crippen LogP contribution is 2.14. The number of nitrogens with zero attached hydrogens (tertiary/aromatic N) is 2. The van der Waals surface area contributed by atoms with Crippen molar-refractivity contribution < 1.29 is 9.53 Å². The molecule has 0 bridgehead atoms. The summed E-state index contributed by atoms with van der Waals surface area (Å²) in [7, 11) is 3.13. The topological polar surface area (TPSA) is 75.3 Å². The molecule has 2 heterocycles. The number of hydrogen-bond acceptors (Lipinski definition) is 5. The molecule has 2 rings (SSSR count). The first-order valence-corrected chi connectivity index (χ1v) is 6.65. The van der Waals surface area contributed by atoms with Crippen LogP contribution in [0.5, 0.6) is 0 Å². The summed E-state index contributed by atoms with van der Waals surface area (Å²) >= 11 is 1.35. The SMILES string of the molecule is COC(C)C(=O)N(C)Cc1nc2ccsc2c(=O)[nH]1. The van der Waals surface area contributed by atoms with Crippen LogP contribution in [0.2, 0.25) is 0 Å². The zero-order valence-electron chi connectivity index (χ0n) is 11.0. The molecule has 0 saturated carbocycles. The molecule has 0 aliphatic heterocycles. The molecule has 7 heteroatoms. The first kappa shape index (κ1) is 13.7. The highest BCUT2D eigenvalue weighted by atomic mass is 32.1. The predicted molar refractivity (Wildman–Crippen MR) is 73.2 cm³/mol. The summed E-state index contributed by atoms with van der Waals surface area (Å²) in [4.78, 5) is 32.1. The van der Waals surface area contributed by atoms with Gasteiger partial charge < -0.3 is 14.6 Å². The summed E-state index contributed by atoms with van der Waals surface area (Å²) in [6, 6.07) is 1.79. The maximum Gasteiger partial charge on any atom is 0.268 e. The molecule has 2 aromatic rings. The van der Waals surface area contributed by atoms with Gasteiger partial charge in [-0.1, -0.05) is 0 Å². The first-order chi connectivity index (χ1) is 9.02. The van der Waals surface area contributed by atoms with E-state index in [1.807, 2.05) is 5.38 Å². The summed E-state index contributed by atoms with van der Waals surface area (Å²) in [5, 5.41) is 1.82. The Morgan fingerprint density at radius 2 is 2.37 bits per heavy atom. The quantitative estimate of drug-likeness (QED) is 0.906. The number of fused-ring (bicyclic) bond motifs is 1. The number of nitrogens with one attached hydrogen (secondary N) is 1. The summed E-state index contributed by atoms with van der Waals surface area (Å²) in [6.07, 6.45) is -0.512. The second-order valence-corrected chi connectivity index (χ2v) is 5.14. The second kappa shape index (κ2) is 5.50. The van der Waals surface area contributed by atoms with Crippen LogP contribution in [0.1, 0.15) is 12.7 Å². The highest BCUT2D eigenvalue weighted by molar-refractivity contribution is 7.17. The summed E-state index contributed by atoms with van der Waals surface area (Å²) in [5.41, 5.74) is 0.486. The van der Waals surface area contributed by atoms with Crippen LogP contribution in [0.4, 0.5) is 0 Å². The first-order valence-electron chi connectivity index (χ1n) is 5.77. The number of ether oxygens (including phenoxy) is 1. The fraction of sp³-hybridized carbons (Fsp3) is 0.417. The Bertz CT molecular complexity index is 649. The van der Waals surface area contributed by atoms with Crippen molar-refractivity contribution in [1.82, 2.24) is 14.9 Å². The number of likely N-dealkylation sites (N-methyl/N-ethyl adjacent to an activating group) is 1. The lowest BCUT2D eigenvalue weighted by atomic mass is 10.3. The summed E-state index contributed by atoms with van der Waals surface area (Å²) < 4.78 is 5.57. The molecule has 1 N–H and O–H groups in total. The highest BCUT2D eigenvalue weighted by Gasteiger charge is 2.18. The Hall–Kier alpha value is -1.73. The van der Waals surface area contributed by atoms with Gasteiger partial charge in [0.05, 0.1) is 12.1 Å². The van der Waals surface area contributed by atoms with Crippen LogP contribution in [0.15, 0.2) is 16.2 Å². The van der Waals surface area contributed by atoms with E-state index < -0.39 is 6.10 Å². The second-order valence-electron chi connectivity index (χ2n) is 4.22. The molecule has 19 heavy (non-hydrogen) atoms. The van der Waals surface area contributed by atoms with Gasteiger partial charge in [-0.15, -0.1) is 11.3 Å². The fourth-order valence-corrected chi connectivity index (χ4v) is 2.44. The third-order valence-corrected chi connectivity index (χ3v) is 3.73. The number of carbonyl (C=O) groups is 1. The molecule has 0 saturated heterocycles. The van der Waals surface area contributed by atoms with Gasteiger partial charge in [0.2, 0.25) is 0 Å². The van der Waals surface area contributed by atoms with Crippen molar-refractivity contribution in [2.24, 2.45) is 0 Å². The molecular formula is C12H15N3O3S. The molecule has 0 aliphatic carbocycles. The Morgan fingerprint density at radius 1 is 1.63 bits per heavy atom. The van der Waals surface area contributed by atoms with E-state index >= 15 is 0 Å².